The van der Waals surface area contributed by atoms with Gasteiger partial charge >= 0.3 is 0 Å². The molecule has 0 bridgehead atoms. The summed E-state index contributed by atoms with van der Waals surface area (Å²) in [6, 6.07) is 35.0. The Labute approximate surface area is 188 Å². The normalized spacial score (nSPS) is 10.6. The lowest BCUT2D eigenvalue weighted by molar-refractivity contribution is 0.307. The molecular weight excluding hydrogens is 392 g/mol. The molecule has 0 saturated heterocycles. The highest BCUT2D eigenvalue weighted by Gasteiger charge is 2.11. The smallest absolute Gasteiger partial charge is 0.129 e. The molecule has 0 N–H and O–H groups in total. The summed E-state index contributed by atoms with van der Waals surface area (Å²) in [5.41, 5.74) is 7.53. The molecule has 3 heteroatoms. The summed E-state index contributed by atoms with van der Waals surface area (Å²) in [4.78, 5) is 8.78. The van der Waals surface area contributed by atoms with Crippen molar-refractivity contribution < 1.29 is 4.74 Å². The number of aromatic nitrogens is 2. The van der Waals surface area contributed by atoms with Gasteiger partial charge in [0.2, 0.25) is 0 Å². The summed E-state index contributed by atoms with van der Waals surface area (Å²) < 4.78 is 6.20. The number of hydrogen-bond donors (Lipinski definition) is 0. The molecule has 0 radical (unpaired) electrons. The molecule has 5 aromatic rings. The number of rotatable bonds is 6. The third-order valence-corrected chi connectivity index (χ3v) is 5.37. The molecule has 0 aliphatic rings. The average Bonchev–Trinajstić information content (AvgIpc) is 2.89. The van der Waals surface area contributed by atoms with Crippen LogP contribution in [0, 0.1) is 0 Å². The third-order valence-electron chi connectivity index (χ3n) is 5.37. The molecule has 0 aliphatic carbocycles. The molecule has 2 heterocycles. The average molecular weight is 415 g/mol. The second-order valence-corrected chi connectivity index (χ2v) is 7.52. The van der Waals surface area contributed by atoms with E-state index in [4.69, 9.17) is 4.74 Å². The highest BCUT2D eigenvalue weighted by atomic mass is 16.5. The second kappa shape index (κ2) is 9.27. The van der Waals surface area contributed by atoms with E-state index in [1.165, 1.54) is 0 Å². The number of hydrogen-bond acceptors (Lipinski definition) is 3. The zero-order valence-electron chi connectivity index (χ0n) is 17.6. The van der Waals surface area contributed by atoms with Crippen molar-refractivity contribution in [2.75, 3.05) is 0 Å². The molecule has 0 spiro atoms. The lowest BCUT2D eigenvalue weighted by Crippen LogP contribution is -1.98. The zero-order chi connectivity index (χ0) is 21.6. The van der Waals surface area contributed by atoms with Gasteiger partial charge in [-0.2, -0.15) is 0 Å². The van der Waals surface area contributed by atoms with Crippen LogP contribution in [0.3, 0.4) is 0 Å². The summed E-state index contributed by atoms with van der Waals surface area (Å²) in [5.74, 6) is 0.822. The second-order valence-electron chi connectivity index (χ2n) is 7.52. The number of nitrogens with zero attached hydrogens (tertiary/aromatic N) is 2. The van der Waals surface area contributed by atoms with E-state index in [2.05, 4.69) is 64.6 Å². The highest BCUT2D eigenvalue weighted by molar-refractivity contribution is 5.77. The summed E-state index contributed by atoms with van der Waals surface area (Å²) in [6.45, 7) is 0.514. The number of benzene rings is 3. The fraction of sp³-hybridized carbons (Fsp3) is 0.0345. The van der Waals surface area contributed by atoms with Gasteiger partial charge in [0.25, 0.3) is 0 Å². The van der Waals surface area contributed by atoms with Crippen molar-refractivity contribution in [3.8, 4) is 39.3 Å². The Morgan fingerprint density at radius 2 is 1.34 bits per heavy atom. The van der Waals surface area contributed by atoms with Crippen LogP contribution in [0.15, 0.2) is 122 Å². The highest BCUT2D eigenvalue weighted by Crippen LogP contribution is 2.34. The van der Waals surface area contributed by atoms with Crippen molar-refractivity contribution in [2.45, 2.75) is 6.61 Å². The zero-order valence-corrected chi connectivity index (χ0v) is 17.6. The summed E-state index contributed by atoms with van der Waals surface area (Å²) in [6.07, 6.45) is 5.48. The Bertz CT molecular complexity index is 1290. The van der Waals surface area contributed by atoms with Gasteiger partial charge in [-0.15, -0.1) is 0 Å². The predicted molar refractivity (Wildman–Crippen MR) is 129 cm³/mol. The number of pyridine rings is 2. The molecule has 154 valence electrons. The van der Waals surface area contributed by atoms with Gasteiger partial charge in [0.05, 0.1) is 5.69 Å². The van der Waals surface area contributed by atoms with Crippen molar-refractivity contribution in [1.82, 2.24) is 9.97 Å². The maximum absolute atomic E-state index is 6.20. The van der Waals surface area contributed by atoms with Crippen molar-refractivity contribution >= 4 is 0 Å². The molecule has 0 fully saturated rings. The minimum atomic E-state index is 0.514. The van der Waals surface area contributed by atoms with Crippen LogP contribution in [-0.2, 0) is 6.61 Å². The van der Waals surface area contributed by atoms with Crippen LogP contribution in [0.5, 0.6) is 5.75 Å². The maximum atomic E-state index is 6.20. The van der Waals surface area contributed by atoms with Crippen LogP contribution in [0.1, 0.15) is 5.56 Å². The first-order chi connectivity index (χ1) is 15.9. The lowest BCUT2D eigenvalue weighted by Gasteiger charge is -2.14. The molecule has 32 heavy (non-hydrogen) atoms. The topological polar surface area (TPSA) is 35.0 Å². The van der Waals surface area contributed by atoms with E-state index in [0.717, 1.165) is 44.8 Å². The largest absolute Gasteiger partial charge is 0.488 e. The van der Waals surface area contributed by atoms with Crippen LogP contribution in [0.4, 0.5) is 0 Å². The fourth-order valence-electron chi connectivity index (χ4n) is 3.68. The lowest BCUT2D eigenvalue weighted by atomic mass is 9.98. The Morgan fingerprint density at radius 3 is 2.06 bits per heavy atom. The molecule has 0 unspecified atom stereocenters. The van der Waals surface area contributed by atoms with E-state index < -0.39 is 0 Å². The summed E-state index contributed by atoms with van der Waals surface area (Å²) >= 11 is 0. The summed E-state index contributed by atoms with van der Waals surface area (Å²) in [5, 5.41) is 0. The van der Waals surface area contributed by atoms with E-state index in [0.29, 0.717) is 6.61 Å². The maximum Gasteiger partial charge on any atom is 0.129 e. The Balaban J connectivity index is 1.47. The quantitative estimate of drug-likeness (QED) is 0.298. The predicted octanol–water partition coefficient (Wildman–Crippen LogP) is 7.06. The van der Waals surface area contributed by atoms with Gasteiger partial charge in [-0.1, -0.05) is 72.8 Å². The first-order valence-electron chi connectivity index (χ1n) is 10.6. The standard InChI is InChI=1S/C29H22N2O/c1-2-7-22(8-3-1)21-32-29-16-15-25(19-27(29)28-10-4-5-18-31-28)23-11-13-24(14-12-23)26-9-6-17-30-20-26/h1-20H,21H2. The van der Waals surface area contributed by atoms with Crippen LogP contribution in [-0.4, -0.2) is 9.97 Å². The van der Waals surface area contributed by atoms with Gasteiger partial charge in [-0.05, 0) is 58.1 Å². The van der Waals surface area contributed by atoms with E-state index >= 15 is 0 Å². The van der Waals surface area contributed by atoms with E-state index in [9.17, 15) is 0 Å². The molecule has 0 saturated carbocycles. The molecule has 0 atom stereocenters. The first-order valence-corrected chi connectivity index (χ1v) is 10.6. The fourth-order valence-corrected chi connectivity index (χ4v) is 3.68. The molecular formula is C29H22N2O. The summed E-state index contributed by atoms with van der Waals surface area (Å²) in [7, 11) is 0. The molecule has 3 nitrogen and oxygen atoms in total. The first kappa shape index (κ1) is 19.7. The third kappa shape index (κ3) is 4.42. The Morgan fingerprint density at radius 1 is 0.594 bits per heavy atom. The monoisotopic (exact) mass is 414 g/mol. The minimum Gasteiger partial charge on any atom is -0.488 e. The molecule has 2 aromatic heterocycles. The SMILES string of the molecule is c1ccc(COc2ccc(-c3ccc(-c4cccnc4)cc3)cc2-c2ccccn2)cc1. The van der Waals surface area contributed by atoms with Crippen molar-refractivity contribution in [1.29, 1.82) is 0 Å². The molecule has 0 amide bonds. The van der Waals surface area contributed by atoms with Gasteiger partial charge in [-0.3, -0.25) is 9.97 Å². The van der Waals surface area contributed by atoms with Gasteiger partial charge in [-0.25, -0.2) is 0 Å². The molecule has 3 aromatic carbocycles. The Hall–Kier alpha value is -4.24. The van der Waals surface area contributed by atoms with Gasteiger partial charge < -0.3 is 4.74 Å². The van der Waals surface area contributed by atoms with E-state index in [-0.39, 0.29) is 0 Å². The minimum absolute atomic E-state index is 0.514. The van der Waals surface area contributed by atoms with Crippen molar-refractivity contribution in [2.24, 2.45) is 0 Å². The van der Waals surface area contributed by atoms with Crippen LogP contribution >= 0.6 is 0 Å². The molecule has 5 rings (SSSR count). The van der Waals surface area contributed by atoms with E-state index in [1.54, 1.807) is 6.20 Å². The van der Waals surface area contributed by atoms with Gasteiger partial charge in [0.1, 0.15) is 12.4 Å². The van der Waals surface area contributed by atoms with Gasteiger partial charge in [0, 0.05) is 24.2 Å². The van der Waals surface area contributed by atoms with E-state index in [1.807, 2.05) is 60.9 Å². The molecule has 0 aliphatic heterocycles. The number of ether oxygens (including phenoxy) is 1. The van der Waals surface area contributed by atoms with Gasteiger partial charge in [0.15, 0.2) is 0 Å². The van der Waals surface area contributed by atoms with Crippen LogP contribution in [0.2, 0.25) is 0 Å². The van der Waals surface area contributed by atoms with Crippen LogP contribution < -0.4 is 4.74 Å². The Kier molecular flexibility index (Phi) is 5.71. The van der Waals surface area contributed by atoms with Crippen molar-refractivity contribution in [3.63, 3.8) is 0 Å². The van der Waals surface area contributed by atoms with Crippen LogP contribution in [0.25, 0.3) is 33.5 Å². The van der Waals surface area contributed by atoms with Crippen molar-refractivity contribution in [3.05, 3.63) is 127 Å².